The molecule has 0 N–H and O–H groups in total. The quantitative estimate of drug-likeness (QED) is 0.623. The fourth-order valence-corrected chi connectivity index (χ4v) is 1.83. The SMILES string of the molecule is CCCCCN1CCCC(=O)CC1. The highest BCUT2D eigenvalue weighted by molar-refractivity contribution is 5.78. The Morgan fingerprint density at radius 2 is 2.08 bits per heavy atom. The Kier molecular flexibility index (Phi) is 5.06. The van der Waals surface area contributed by atoms with Gasteiger partial charge in [0.25, 0.3) is 0 Å². The van der Waals surface area contributed by atoms with E-state index in [4.69, 9.17) is 0 Å². The van der Waals surface area contributed by atoms with E-state index in [0.29, 0.717) is 5.78 Å². The van der Waals surface area contributed by atoms with E-state index in [1.807, 2.05) is 0 Å². The third-order valence-electron chi connectivity index (χ3n) is 2.71. The number of rotatable bonds is 4. The van der Waals surface area contributed by atoms with Gasteiger partial charge in [-0.05, 0) is 25.9 Å². The molecule has 0 amide bonds. The summed E-state index contributed by atoms with van der Waals surface area (Å²) in [5.74, 6) is 0.456. The summed E-state index contributed by atoms with van der Waals surface area (Å²) in [7, 11) is 0. The molecule has 1 aliphatic rings. The second-order valence-corrected chi connectivity index (χ2v) is 3.94. The Morgan fingerprint density at radius 1 is 1.23 bits per heavy atom. The van der Waals surface area contributed by atoms with Crippen LogP contribution in [0.15, 0.2) is 0 Å². The van der Waals surface area contributed by atoms with E-state index >= 15 is 0 Å². The minimum Gasteiger partial charge on any atom is -0.303 e. The van der Waals surface area contributed by atoms with Gasteiger partial charge in [0, 0.05) is 19.4 Å². The summed E-state index contributed by atoms with van der Waals surface area (Å²) in [6.45, 7) is 5.56. The molecule has 0 saturated carbocycles. The molecule has 0 unspecified atom stereocenters. The highest BCUT2D eigenvalue weighted by Crippen LogP contribution is 2.08. The first-order valence-electron chi connectivity index (χ1n) is 5.57. The molecule has 1 rings (SSSR count). The predicted molar refractivity (Wildman–Crippen MR) is 54.8 cm³/mol. The summed E-state index contributed by atoms with van der Waals surface area (Å²) in [6.07, 6.45) is 6.57. The summed E-state index contributed by atoms with van der Waals surface area (Å²) in [5, 5.41) is 0. The van der Waals surface area contributed by atoms with Gasteiger partial charge < -0.3 is 4.90 Å². The first-order chi connectivity index (χ1) is 6.33. The molecule has 1 saturated heterocycles. The van der Waals surface area contributed by atoms with Crippen LogP contribution in [0, 0.1) is 0 Å². The normalized spacial score (nSPS) is 20.2. The zero-order chi connectivity index (χ0) is 9.52. The van der Waals surface area contributed by atoms with Crippen molar-refractivity contribution in [1.29, 1.82) is 0 Å². The topological polar surface area (TPSA) is 20.3 Å². The summed E-state index contributed by atoms with van der Waals surface area (Å²) in [6, 6.07) is 0. The number of unbranched alkanes of at least 4 members (excludes halogenated alkanes) is 2. The molecule has 76 valence electrons. The van der Waals surface area contributed by atoms with E-state index in [1.165, 1.54) is 25.8 Å². The summed E-state index contributed by atoms with van der Waals surface area (Å²) < 4.78 is 0. The third-order valence-corrected chi connectivity index (χ3v) is 2.71. The Balaban J connectivity index is 2.14. The molecule has 0 aliphatic carbocycles. The Morgan fingerprint density at radius 3 is 2.85 bits per heavy atom. The largest absolute Gasteiger partial charge is 0.303 e. The number of Topliss-reactive ketones (excluding diaryl/α,β-unsaturated/α-hetero) is 1. The number of carbonyl (C=O) groups excluding carboxylic acids is 1. The summed E-state index contributed by atoms with van der Waals surface area (Å²) >= 11 is 0. The van der Waals surface area contributed by atoms with Crippen LogP contribution in [0.25, 0.3) is 0 Å². The monoisotopic (exact) mass is 183 g/mol. The summed E-state index contributed by atoms with van der Waals surface area (Å²) in [4.78, 5) is 13.6. The van der Waals surface area contributed by atoms with Gasteiger partial charge in [-0.2, -0.15) is 0 Å². The van der Waals surface area contributed by atoms with Crippen molar-refractivity contribution in [2.24, 2.45) is 0 Å². The Labute approximate surface area is 81.3 Å². The fraction of sp³-hybridized carbons (Fsp3) is 0.909. The van der Waals surface area contributed by atoms with Crippen molar-refractivity contribution in [1.82, 2.24) is 4.90 Å². The van der Waals surface area contributed by atoms with Crippen LogP contribution >= 0.6 is 0 Å². The van der Waals surface area contributed by atoms with Crippen LogP contribution in [-0.4, -0.2) is 30.3 Å². The molecular weight excluding hydrogens is 162 g/mol. The molecule has 2 nitrogen and oxygen atoms in total. The first-order valence-corrected chi connectivity index (χ1v) is 5.57. The van der Waals surface area contributed by atoms with Crippen LogP contribution in [0.5, 0.6) is 0 Å². The van der Waals surface area contributed by atoms with Crippen molar-refractivity contribution >= 4 is 5.78 Å². The number of hydrogen-bond donors (Lipinski definition) is 0. The number of hydrogen-bond acceptors (Lipinski definition) is 2. The lowest BCUT2D eigenvalue weighted by Crippen LogP contribution is -2.25. The van der Waals surface area contributed by atoms with Gasteiger partial charge in [-0.25, -0.2) is 0 Å². The van der Waals surface area contributed by atoms with Crippen LogP contribution in [0.1, 0.15) is 45.4 Å². The predicted octanol–water partition coefficient (Wildman–Crippen LogP) is 2.23. The van der Waals surface area contributed by atoms with E-state index < -0.39 is 0 Å². The third kappa shape index (κ3) is 4.41. The van der Waals surface area contributed by atoms with Gasteiger partial charge in [0.1, 0.15) is 5.78 Å². The second kappa shape index (κ2) is 6.14. The lowest BCUT2D eigenvalue weighted by atomic mass is 10.2. The molecule has 0 aromatic rings. The van der Waals surface area contributed by atoms with Gasteiger partial charge in [-0.1, -0.05) is 19.8 Å². The first kappa shape index (κ1) is 10.7. The van der Waals surface area contributed by atoms with Crippen molar-refractivity contribution in [3.8, 4) is 0 Å². The molecule has 0 aromatic carbocycles. The van der Waals surface area contributed by atoms with Crippen molar-refractivity contribution in [3.63, 3.8) is 0 Å². The molecule has 1 fully saturated rings. The van der Waals surface area contributed by atoms with Crippen LogP contribution < -0.4 is 0 Å². The minimum absolute atomic E-state index is 0.456. The van der Waals surface area contributed by atoms with Gasteiger partial charge in [0.2, 0.25) is 0 Å². The van der Waals surface area contributed by atoms with E-state index in [1.54, 1.807) is 0 Å². The molecule has 0 atom stereocenters. The van der Waals surface area contributed by atoms with Gasteiger partial charge in [-0.3, -0.25) is 4.79 Å². The Bertz CT molecular complexity index is 156. The van der Waals surface area contributed by atoms with Crippen molar-refractivity contribution in [2.75, 3.05) is 19.6 Å². The highest BCUT2D eigenvalue weighted by atomic mass is 16.1. The van der Waals surface area contributed by atoms with Gasteiger partial charge in [-0.15, -0.1) is 0 Å². The molecule has 1 heterocycles. The van der Waals surface area contributed by atoms with E-state index in [2.05, 4.69) is 11.8 Å². The van der Waals surface area contributed by atoms with Crippen LogP contribution in [0.4, 0.5) is 0 Å². The number of ketones is 1. The van der Waals surface area contributed by atoms with Crippen LogP contribution in [0.3, 0.4) is 0 Å². The van der Waals surface area contributed by atoms with E-state index in [0.717, 1.165) is 32.4 Å². The molecule has 13 heavy (non-hydrogen) atoms. The maximum atomic E-state index is 11.1. The number of carbonyl (C=O) groups is 1. The fourth-order valence-electron chi connectivity index (χ4n) is 1.83. The molecule has 2 heteroatoms. The molecule has 0 spiro atoms. The van der Waals surface area contributed by atoms with E-state index in [9.17, 15) is 4.79 Å². The maximum Gasteiger partial charge on any atom is 0.134 e. The van der Waals surface area contributed by atoms with Gasteiger partial charge >= 0.3 is 0 Å². The van der Waals surface area contributed by atoms with Gasteiger partial charge in [0.15, 0.2) is 0 Å². The molecular formula is C11H21NO. The van der Waals surface area contributed by atoms with E-state index in [-0.39, 0.29) is 0 Å². The molecule has 1 aliphatic heterocycles. The molecule has 0 aromatic heterocycles. The van der Waals surface area contributed by atoms with Crippen LogP contribution in [0.2, 0.25) is 0 Å². The van der Waals surface area contributed by atoms with Gasteiger partial charge in [0.05, 0.1) is 0 Å². The highest BCUT2D eigenvalue weighted by Gasteiger charge is 2.12. The second-order valence-electron chi connectivity index (χ2n) is 3.94. The van der Waals surface area contributed by atoms with Crippen molar-refractivity contribution in [3.05, 3.63) is 0 Å². The lowest BCUT2D eigenvalue weighted by molar-refractivity contribution is -0.118. The molecule has 0 bridgehead atoms. The number of nitrogens with zero attached hydrogens (tertiary/aromatic N) is 1. The minimum atomic E-state index is 0.456. The summed E-state index contributed by atoms with van der Waals surface area (Å²) in [5.41, 5.74) is 0. The number of likely N-dealkylation sites (tertiary alicyclic amines) is 1. The zero-order valence-corrected chi connectivity index (χ0v) is 8.72. The Hall–Kier alpha value is -0.370. The maximum absolute atomic E-state index is 11.1. The average molecular weight is 183 g/mol. The van der Waals surface area contributed by atoms with Crippen LogP contribution in [-0.2, 0) is 4.79 Å². The van der Waals surface area contributed by atoms with Crippen molar-refractivity contribution < 1.29 is 4.79 Å². The standard InChI is InChI=1S/C11H21NO/c1-2-3-4-8-12-9-5-6-11(13)7-10-12/h2-10H2,1H3. The zero-order valence-electron chi connectivity index (χ0n) is 8.72. The molecule has 0 radical (unpaired) electrons. The average Bonchev–Trinajstić information content (AvgIpc) is 2.32. The smallest absolute Gasteiger partial charge is 0.134 e. The lowest BCUT2D eigenvalue weighted by Gasteiger charge is -2.18. The van der Waals surface area contributed by atoms with Crippen molar-refractivity contribution in [2.45, 2.75) is 45.4 Å².